The summed E-state index contributed by atoms with van der Waals surface area (Å²) in [6, 6.07) is 0. The highest BCUT2D eigenvalue weighted by atomic mass is 32.2. The van der Waals surface area contributed by atoms with E-state index in [0.29, 0.717) is 25.7 Å². The Morgan fingerprint density at radius 3 is 2.40 bits per heavy atom. The number of carboxylic acid groups (broad SMARTS) is 1. The molecule has 1 saturated heterocycles. The second-order valence-corrected chi connectivity index (χ2v) is 7.75. The minimum absolute atomic E-state index is 0.0918. The van der Waals surface area contributed by atoms with Gasteiger partial charge in [0.15, 0.2) is 20.7 Å². The van der Waals surface area contributed by atoms with Crippen LogP contribution in [0.3, 0.4) is 0 Å². The van der Waals surface area contributed by atoms with Crippen LogP contribution in [0, 0.1) is 0 Å². The van der Waals surface area contributed by atoms with Gasteiger partial charge in [-0.1, -0.05) is 12.8 Å². The van der Waals surface area contributed by atoms with Crippen LogP contribution in [0.4, 0.5) is 0 Å². The molecule has 2 fully saturated rings. The van der Waals surface area contributed by atoms with E-state index in [-0.39, 0.29) is 19.7 Å². The molecule has 0 spiro atoms. The fourth-order valence-corrected chi connectivity index (χ4v) is 4.44. The molecule has 1 saturated carbocycles. The lowest BCUT2D eigenvalue weighted by Gasteiger charge is -2.37. The van der Waals surface area contributed by atoms with Crippen molar-refractivity contribution in [1.29, 1.82) is 0 Å². The van der Waals surface area contributed by atoms with Gasteiger partial charge in [0.2, 0.25) is 5.91 Å². The summed E-state index contributed by atoms with van der Waals surface area (Å²) in [6.07, 6.45) is 2.05. The van der Waals surface area contributed by atoms with E-state index in [0.717, 1.165) is 6.26 Å². The zero-order valence-corrected chi connectivity index (χ0v) is 12.2. The number of carbonyl (C=O) groups is 2. The van der Waals surface area contributed by atoms with Crippen molar-refractivity contribution < 1.29 is 27.9 Å². The van der Waals surface area contributed by atoms with Crippen molar-refractivity contribution in [3.63, 3.8) is 0 Å². The SMILES string of the molecule is CS(=O)(=O)C1(C(=O)N2CCOC(C(=O)O)C2)CCCC1. The second kappa shape index (κ2) is 5.33. The Kier molecular flexibility index (Phi) is 4.06. The molecule has 1 amide bonds. The van der Waals surface area contributed by atoms with Gasteiger partial charge in [0.05, 0.1) is 13.2 Å². The molecule has 0 aromatic heterocycles. The molecule has 1 aliphatic carbocycles. The minimum atomic E-state index is -3.53. The van der Waals surface area contributed by atoms with Crippen LogP contribution < -0.4 is 0 Å². The number of amides is 1. The highest BCUT2D eigenvalue weighted by Gasteiger charge is 2.52. The van der Waals surface area contributed by atoms with Crippen LogP contribution in [0.5, 0.6) is 0 Å². The molecular formula is C12H19NO6S. The molecule has 0 radical (unpaired) electrons. The van der Waals surface area contributed by atoms with Crippen molar-refractivity contribution in [2.45, 2.75) is 36.5 Å². The first kappa shape index (κ1) is 15.2. The predicted molar refractivity (Wildman–Crippen MR) is 70.0 cm³/mol. The minimum Gasteiger partial charge on any atom is -0.479 e. The number of carbonyl (C=O) groups excluding carboxylic acids is 1. The quantitative estimate of drug-likeness (QED) is 0.765. The van der Waals surface area contributed by atoms with Crippen molar-refractivity contribution in [1.82, 2.24) is 4.90 Å². The summed E-state index contributed by atoms with van der Waals surface area (Å²) in [4.78, 5) is 24.9. The van der Waals surface area contributed by atoms with E-state index in [1.165, 1.54) is 4.90 Å². The van der Waals surface area contributed by atoms with Gasteiger partial charge in [-0.2, -0.15) is 0 Å². The zero-order chi connectivity index (χ0) is 15.0. The molecular weight excluding hydrogens is 286 g/mol. The van der Waals surface area contributed by atoms with E-state index >= 15 is 0 Å². The maximum absolute atomic E-state index is 12.6. The van der Waals surface area contributed by atoms with Crippen molar-refractivity contribution >= 4 is 21.7 Å². The van der Waals surface area contributed by atoms with Crippen LogP contribution in [0.15, 0.2) is 0 Å². The maximum atomic E-state index is 12.6. The van der Waals surface area contributed by atoms with Gasteiger partial charge in [0, 0.05) is 12.8 Å². The molecule has 0 bridgehead atoms. The average Bonchev–Trinajstić information content (AvgIpc) is 2.88. The molecule has 0 aromatic carbocycles. The average molecular weight is 305 g/mol. The fourth-order valence-electron chi connectivity index (χ4n) is 2.96. The van der Waals surface area contributed by atoms with Crippen molar-refractivity contribution in [3.05, 3.63) is 0 Å². The van der Waals surface area contributed by atoms with Gasteiger partial charge in [-0.05, 0) is 12.8 Å². The third kappa shape index (κ3) is 2.54. The van der Waals surface area contributed by atoms with E-state index in [9.17, 15) is 18.0 Å². The van der Waals surface area contributed by atoms with E-state index in [1.807, 2.05) is 0 Å². The summed E-state index contributed by atoms with van der Waals surface area (Å²) in [6.45, 7) is 0.258. The molecule has 1 aliphatic heterocycles. The van der Waals surface area contributed by atoms with Crippen molar-refractivity contribution in [2.24, 2.45) is 0 Å². The molecule has 7 nitrogen and oxygen atoms in total. The summed E-state index contributed by atoms with van der Waals surface area (Å²) in [5.74, 6) is -1.60. The number of aliphatic carboxylic acids is 1. The number of nitrogens with zero attached hydrogens (tertiary/aromatic N) is 1. The summed E-state index contributed by atoms with van der Waals surface area (Å²) >= 11 is 0. The first-order valence-electron chi connectivity index (χ1n) is 6.61. The Labute approximate surface area is 117 Å². The van der Waals surface area contributed by atoms with E-state index in [2.05, 4.69) is 0 Å². The van der Waals surface area contributed by atoms with Gasteiger partial charge in [-0.15, -0.1) is 0 Å². The Morgan fingerprint density at radius 1 is 1.30 bits per heavy atom. The first-order chi connectivity index (χ1) is 9.28. The summed E-state index contributed by atoms with van der Waals surface area (Å²) in [5.41, 5.74) is 0. The maximum Gasteiger partial charge on any atom is 0.334 e. The third-order valence-corrected chi connectivity index (χ3v) is 6.14. The Hall–Kier alpha value is -1.15. The summed E-state index contributed by atoms with van der Waals surface area (Å²) in [5, 5.41) is 8.95. The molecule has 1 unspecified atom stereocenters. The number of sulfone groups is 1. The number of morpholine rings is 1. The van der Waals surface area contributed by atoms with E-state index in [4.69, 9.17) is 9.84 Å². The van der Waals surface area contributed by atoms with Crippen LogP contribution >= 0.6 is 0 Å². The number of hydrogen-bond acceptors (Lipinski definition) is 5. The Balaban J connectivity index is 2.23. The topological polar surface area (TPSA) is 101 Å². The van der Waals surface area contributed by atoms with Crippen LogP contribution in [0.2, 0.25) is 0 Å². The molecule has 2 aliphatic rings. The normalized spacial score (nSPS) is 26.4. The lowest BCUT2D eigenvalue weighted by Crippen LogP contribution is -2.57. The molecule has 20 heavy (non-hydrogen) atoms. The molecule has 1 heterocycles. The van der Waals surface area contributed by atoms with E-state index in [1.54, 1.807) is 0 Å². The monoisotopic (exact) mass is 305 g/mol. The molecule has 114 valence electrons. The van der Waals surface area contributed by atoms with Gasteiger partial charge in [-0.25, -0.2) is 13.2 Å². The summed E-state index contributed by atoms with van der Waals surface area (Å²) < 4.78 is 27.8. The number of ether oxygens (including phenoxy) is 1. The molecule has 2 rings (SSSR count). The fraction of sp³-hybridized carbons (Fsp3) is 0.833. The van der Waals surface area contributed by atoms with Crippen molar-refractivity contribution in [2.75, 3.05) is 26.0 Å². The third-order valence-electron chi connectivity index (χ3n) is 4.14. The molecule has 0 aromatic rings. The van der Waals surface area contributed by atoms with Crippen LogP contribution in [0.1, 0.15) is 25.7 Å². The molecule has 1 N–H and O–H groups in total. The second-order valence-electron chi connectivity index (χ2n) is 5.42. The van der Waals surface area contributed by atoms with Gasteiger partial charge in [-0.3, -0.25) is 4.79 Å². The van der Waals surface area contributed by atoms with E-state index < -0.39 is 32.6 Å². The summed E-state index contributed by atoms with van der Waals surface area (Å²) in [7, 11) is -3.53. The predicted octanol–water partition coefficient (Wildman–Crippen LogP) is -0.344. The number of hydrogen-bond donors (Lipinski definition) is 1. The molecule has 8 heteroatoms. The highest BCUT2D eigenvalue weighted by molar-refractivity contribution is 7.92. The van der Waals surface area contributed by atoms with Gasteiger partial charge in [0.1, 0.15) is 0 Å². The van der Waals surface area contributed by atoms with Crippen LogP contribution in [-0.4, -0.2) is 67.1 Å². The largest absolute Gasteiger partial charge is 0.479 e. The van der Waals surface area contributed by atoms with Gasteiger partial charge < -0.3 is 14.7 Å². The Morgan fingerprint density at radius 2 is 1.90 bits per heavy atom. The van der Waals surface area contributed by atoms with Crippen LogP contribution in [-0.2, 0) is 24.2 Å². The van der Waals surface area contributed by atoms with Crippen LogP contribution in [0.25, 0.3) is 0 Å². The lowest BCUT2D eigenvalue weighted by atomic mass is 10.0. The molecule has 1 atom stereocenters. The zero-order valence-electron chi connectivity index (χ0n) is 11.4. The number of carboxylic acids is 1. The Bertz CT molecular complexity index is 508. The highest BCUT2D eigenvalue weighted by Crippen LogP contribution is 2.38. The number of rotatable bonds is 3. The van der Waals surface area contributed by atoms with Crippen molar-refractivity contribution in [3.8, 4) is 0 Å². The standard InChI is InChI=1S/C12H19NO6S/c1-20(17,18)12(4-2-3-5-12)11(16)13-6-7-19-9(8-13)10(14)15/h9H,2-8H2,1H3,(H,14,15). The lowest BCUT2D eigenvalue weighted by molar-refractivity contribution is -0.160. The smallest absolute Gasteiger partial charge is 0.334 e. The van der Waals surface area contributed by atoms with Gasteiger partial charge in [0.25, 0.3) is 0 Å². The first-order valence-corrected chi connectivity index (χ1v) is 8.50. The van der Waals surface area contributed by atoms with Gasteiger partial charge >= 0.3 is 5.97 Å².